The van der Waals surface area contributed by atoms with Gasteiger partial charge in [0, 0.05) is 17.2 Å². The van der Waals surface area contributed by atoms with Crippen LogP contribution < -0.4 is 10.6 Å². The highest BCUT2D eigenvalue weighted by molar-refractivity contribution is 5.97. The number of nitrogens with one attached hydrogen (secondary N) is 2. The molecular formula is C21H22N2O4. The minimum absolute atomic E-state index is 0.00614. The van der Waals surface area contributed by atoms with Crippen molar-refractivity contribution in [3.63, 3.8) is 0 Å². The van der Waals surface area contributed by atoms with Gasteiger partial charge in [-0.05, 0) is 49.6 Å². The summed E-state index contributed by atoms with van der Waals surface area (Å²) in [5, 5.41) is 15.0. The molecule has 3 rings (SSSR count). The average molecular weight is 366 g/mol. The summed E-state index contributed by atoms with van der Waals surface area (Å²) in [5.41, 5.74) is 1.77. The van der Waals surface area contributed by atoms with E-state index in [4.69, 9.17) is 0 Å². The first-order valence-electron chi connectivity index (χ1n) is 8.95. The summed E-state index contributed by atoms with van der Waals surface area (Å²) < 4.78 is 0. The molecule has 0 heterocycles. The van der Waals surface area contributed by atoms with E-state index in [1.807, 2.05) is 6.07 Å². The molecule has 2 amide bonds. The molecule has 2 atom stereocenters. The normalized spacial score (nSPS) is 15.4. The molecule has 0 radical (unpaired) electrons. The standard InChI is InChI=1S/C21H22N2O4/c1-13(21(26)27)18(14-5-3-2-4-6-14)23-20(25)16-9-11-17(12-10-16)22-19(24)15-7-8-15/h2-6,9-13,15,18H,7-8H2,1H3,(H,22,24)(H,23,25)(H,26,27). The third kappa shape index (κ3) is 4.73. The first kappa shape index (κ1) is 18.6. The van der Waals surface area contributed by atoms with Crippen molar-refractivity contribution in [3.8, 4) is 0 Å². The number of benzene rings is 2. The van der Waals surface area contributed by atoms with E-state index in [0.717, 1.165) is 18.4 Å². The number of hydrogen-bond donors (Lipinski definition) is 3. The second-order valence-electron chi connectivity index (χ2n) is 6.83. The van der Waals surface area contributed by atoms with Crippen molar-refractivity contribution in [3.05, 3.63) is 65.7 Å². The van der Waals surface area contributed by atoms with Gasteiger partial charge in [0.15, 0.2) is 0 Å². The van der Waals surface area contributed by atoms with Gasteiger partial charge in [-0.2, -0.15) is 0 Å². The van der Waals surface area contributed by atoms with Gasteiger partial charge in [0.25, 0.3) is 5.91 Å². The predicted octanol–water partition coefficient (Wildman–Crippen LogP) is 3.23. The Bertz CT molecular complexity index is 829. The molecule has 6 nitrogen and oxygen atoms in total. The fraction of sp³-hybridized carbons (Fsp3) is 0.286. The Morgan fingerprint density at radius 3 is 2.19 bits per heavy atom. The fourth-order valence-electron chi connectivity index (χ4n) is 2.82. The SMILES string of the molecule is CC(C(=O)O)C(NC(=O)c1ccc(NC(=O)C2CC2)cc1)c1ccccc1. The number of carboxylic acid groups (broad SMARTS) is 1. The molecule has 27 heavy (non-hydrogen) atoms. The molecule has 1 fully saturated rings. The maximum atomic E-state index is 12.6. The van der Waals surface area contributed by atoms with E-state index in [9.17, 15) is 19.5 Å². The lowest BCUT2D eigenvalue weighted by atomic mass is 9.94. The van der Waals surface area contributed by atoms with Crippen LogP contribution in [0.3, 0.4) is 0 Å². The summed E-state index contributed by atoms with van der Waals surface area (Å²) in [5.74, 6) is -2.02. The molecule has 0 aromatic heterocycles. The van der Waals surface area contributed by atoms with Crippen LogP contribution in [0.5, 0.6) is 0 Å². The Morgan fingerprint density at radius 2 is 1.63 bits per heavy atom. The van der Waals surface area contributed by atoms with E-state index in [1.165, 1.54) is 0 Å². The van der Waals surface area contributed by atoms with Crippen LogP contribution in [0.15, 0.2) is 54.6 Å². The topological polar surface area (TPSA) is 95.5 Å². The molecule has 1 aliphatic rings. The summed E-state index contributed by atoms with van der Waals surface area (Å²) in [7, 11) is 0. The molecule has 1 saturated carbocycles. The van der Waals surface area contributed by atoms with Crippen molar-refractivity contribution in [2.45, 2.75) is 25.8 Å². The van der Waals surface area contributed by atoms with E-state index in [2.05, 4.69) is 10.6 Å². The zero-order chi connectivity index (χ0) is 19.4. The number of hydrogen-bond acceptors (Lipinski definition) is 3. The quantitative estimate of drug-likeness (QED) is 0.701. The molecule has 6 heteroatoms. The van der Waals surface area contributed by atoms with Gasteiger partial charge in [-0.25, -0.2) is 0 Å². The van der Waals surface area contributed by atoms with Gasteiger partial charge in [-0.15, -0.1) is 0 Å². The molecule has 0 spiro atoms. The zero-order valence-electron chi connectivity index (χ0n) is 15.0. The Balaban J connectivity index is 1.71. The van der Waals surface area contributed by atoms with Gasteiger partial charge in [-0.1, -0.05) is 30.3 Å². The minimum atomic E-state index is -0.984. The van der Waals surface area contributed by atoms with Crippen molar-refractivity contribution in [1.82, 2.24) is 5.32 Å². The van der Waals surface area contributed by atoms with Gasteiger partial charge in [0.2, 0.25) is 5.91 Å². The predicted molar refractivity (Wildman–Crippen MR) is 101 cm³/mol. The van der Waals surface area contributed by atoms with Crippen LogP contribution in [0.25, 0.3) is 0 Å². The van der Waals surface area contributed by atoms with Crippen LogP contribution in [-0.4, -0.2) is 22.9 Å². The highest BCUT2D eigenvalue weighted by Crippen LogP contribution is 2.30. The summed E-state index contributed by atoms with van der Waals surface area (Å²) in [4.78, 5) is 35.9. The number of carboxylic acids is 1. The number of aliphatic carboxylic acids is 1. The maximum Gasteiger partial charge on any atom is 0.308 e. The van der Waals surface area contributed by atoms with Crippen molar-refractivity contribution in [1.29, 1.82) is 0 Å². The summed E-state index contributed by atoms with van der Waals surface area (Å²) in [6.45, 7) is 1.57. The Morgan fingerprint density at radius 1 is 1.00 bits per heavy atom. The van der Waals surface area contributed by atoms with Gasteiger partial charge in [0.1, 0.15) is 0 Å². The van der Waals surface area contributed by atoms with Crippen molar-refractivity contribution >= 4 is 23.5 Å². The molecule has 3 N–H and O–H groups in total. The average Bonchev–Trinajstić information content (AvgIpc) is 3.52. The van der Waals surface area contributed by atoms with Crippen molar-refractivity contribution < 1.29 is 19.5 Å². The third-order valence-corrected chi connectivity index (χ3v) is 4.70. The minimum Gasteiger partial charge on any atom is -0.481 e. The lowest BCUT2D eigenvalue weighted by Gasteiger charge is -2.23. The Hall–Kier alpha value is -3.15. The highest BCUT2D eigenvalue weighted by Gasteiger charge is 2.30. The fourth-order valence-corrected chi connectivity index (χ4v) is 2.82. The second-order valence-corrected chi connectivity index (χ2v) is 6.83. The Kier molecular flexibility index (Phi) is 5.54. The van der Waals surface area contributed by atoms with Crippen LogP contribution in [0, 0.1) is 11.8 Å². The molecule has 0 saturated heterocycles. The first-order chi connectivity index (χ1) is 13.0. The molecular weight excluding hydrogens is 344 g/mol. The van der Waals surface area contributed by atoms with E-state index >= 15 is 0 Å². The number of anilines is 1. The number of carbonyl (C=O) groups is 3. The maximum absolute atomic E-state index is 12.6. The molecule has 140 valence electrons. The van der Waals surface area contributed by atoms with Crippen LogP contribution in [0.2, 0.25) is 0 Å². The first-order valence-corrected chi connectivity index (χ1v) is 8.95. The van der Waals surface area contributed by atoms with Crippen molar-refractivity contribution in [2.75, 3.05) is 5.32 Å². The van der Waals surface area contributed by atoms with Gasteiger partial charge < -0.3 is 15.7 Å². The van der Waals surface area contributed by atoms with E-state index in [0.29, 0.717) is 11.3 Å². The van der Waals surface area contributed by atoms with Crippen LogP contribution in [0.4, 0.5) is 5.69 Å². The van der Waals surface area contributed by atoms with Gasteiger partial charge >= 0.3 is 5.97 Å². The van der Waals surface area contributed by atoms with Crippen LogP contribution >= 0.6 is 0 Å². The monoisotopic (exact) mass is 366 g/mol. The summed E-state index contributed by atoms with van der Waals surface area (Å²) >= 11 is 0. The van der Waals surface area contributed by atoms with Crippen molar-refractivity contribution in [2.24, 2.45) is 11.8 Å². The van der Waals surface area contributed by atoms with Crippen LogP contribution in [-0.2, 0) is 9.59 Å². The van der Waals surface area contributed by atoms with E-state index in [-0.39, 0.29) is 17.7 Å². The highest BCUT2D eigenvalue weighted by atomic mass is 16.4. The smallest absolute Gasteiger partial charge is 0.308 e. The molecule has 2 aromatic carbocycles. The van der Waals surface area contributed by atoms with E-state index < -0.39 is 17.9 Å². The third-order valence-electron chi connectivity index (χ3n) is 4.70. The lowest BCUT2D eigenvalue weighted by Crippen LogP contribution is -2.35. The van der Waals surface area contributed by atoms with Gasteiger partial charge in [-0.3, -0.25) is 14.4 Å². The number of carbonyl (C=O) groups excluding carboxylic acids is 2. The van der Waals surface area contributed by atoms with Gasteiger partial charge in [0.05, 0.1) is 12.0 Å². The van der Waals surface area contributed by atoms with E-state index in [1.54, 1.807) is 55.5 Å². The number of amides is 2. The summed E-state index contributed by atoms with van der Waals surface area (Å²) in [6, 6.07) is 15.0. The van der Waals surface area contributed by atoms with Crippen LogP contribution in [0.1, 0.15) is 41.7 Å². The zero-order valence-corrected chi connectivity index (χ0v) is 15.0. The number of rotatable bonds is 7. The molecule has 2 unspecified atom stereocenters. The molecule has 2 aromatic rings. The lowest BCUT2D eigenvalue weighted by molar-refractivity contribution is -0.142. The largest absolute Gasteiger partial charge is 0.481 e. The molecule has 1 aliphatic carbocycles. The Labute approximate surface area is 157 Å². The second kappa shape index (κ2) is 8.03. The molecule has 0 aliphatic heterocycles. The molecule has 0 bridgehead atoms. The summed E-state index contributed by atoms with van der Waals surface area (Å²) in [6.07, 6.45) is 1.85.